The zero-order chi connectivity index (χ0) is 8.27. The minimum Gasteiger partial charge on any atom is -0.371 e. The van der Waals surface area contributed by atoms with E-state index in [4.69, 9.17) is 0 Å². The molecule has 0 saturated heterocycles. The number of nitrogens with zero attached hydrogens (tertiary/aromatic N) is 1. The van der Waals surface area contributed by atoms with Gasteiger partial charge in [0.2, 0.25) is 0 Å². The molecule has 0 atom stereocenters. The first-order valence-electron chi connectivity index (χ1n) is 3.22. The van der Waals surface area contributed by atoms with E-state index in [1.807, 2.05) is 0 Å². The van der Waals surface area contributed by atoms with Gasteiger partial charge in [0.25, 0.3) is 5.91 Å². The molecular formula is C6H11ClN4O. The minimum atomic E-state index is -0.174. The maximum absolute atomic E-state index is 11.0. The predicted molar refractivity (Wildman–Crippen MR) is 48.8 cm³/mol. The Morgan fingerprint density at radius 1 is 1.58 bits per heavy atom. The second-order valence-electron chi connectivity index (χ2n) is 1.96. The molecule has 12 heavy (non-hydrogen) atoms. The quantitative estimate of drug-likeness (QED) is 0.626. The third-order valence-corrected chi connectivity index (χ3v) is 1.33. The summed E-state index contributed by atoms with van der Waals surface area (Å²) in [7, 11) is 3.28. The van der Waals surface area contributed by atoms with Crippen molar-refractivity contribution >= 4 is 24.1 Å². The van der Waals surface area contributed by atoms with Crippen LogP contribution in [0.5, 0.6) is 0 Å². The third kappa shape index (κ3) is 1.88. The Bertz CT molecular complexity index is 260. The van der Waals surface area contributed by atoms with E-state index in [1.54, 1.807) is 14.1 Å². The van der Waals surface area contributed by atoms with Gasteiger partial charge in [-0.25, -0.2) is 4.98 Å². The second kappa shape index (κ2) is 4.61. The minimum absolute atomic E-state index is 0. The molecule has 0 spiro atoms. The SMILES string of the molecule is CNC(=O)c1[nH]cnc1NC.Cl. The molecule has 3 N–H and O–H groups in total. The van der Waals surface area contributed by atoms with Crippen molar-refractivity contribution in [3.8, 4) is 0 Å². The number of halogens is 1. The molecule has 0 aliphatic heterocycles. The number of hydrogen-bond donors (Lipinski definition) is 3. The molecule has 1 heterocycles. The summed E-state index contributed by atoms with van der Waals surface area (Å²) in [6.07, 6.45) is 1.47. The summed E-state index contributed by atoms with van der Waals surface area (Å²) in [6.45, 7) is 0. The second-order valence-corrected chi connectivity index (χ2v) is 1.96. The van der Waals surface area contributed by atoms with Gasteiger partial charge in [-0.3, -0.25) is 4.79 Å². The first kappa shape index (κ1) is 10.8. The summed E-state index contributed by atoms with van der Waals surface area (Å²) in [6, 6.07) is 0. The smallest absolute Gasteiger partial charge is 0.271 e. The van der Waals surface area contributed by atoms with Crippen LogP contribution in [0.2, 0.25) is 0 Å². The summed E-state index contributed by atoms with van der Waals surface area (Å²) < 4.78 is 0. The lowest BCUT2D eigenvalue weighted by atomic mass is 10.4. The number of aromatic amines is 1. The van der Waals surface area contributed by atoms with E-state index in [9.17, 15) is 4.79 Å². The monoisotopic (exact) mass is 190 g/mol. The van der Waals surface area contributed by atoms with Crippen molar-refractivity contribution in [2.24, 2.45) is 0 Å². The largest absolute Gasteiger partial charge is 0.371 e. The van der Waals surface area contributed by atoms with Crippen LogP contribution in [0.1, 0.15) is 10.5 Å². The highest BCUT2D eigenvalue weighted by Gasteiger charge is 2.09. The van der Waals surface area contributed by atoms with Crippen LogP contribution in [-0.2, 0) is 0 Å². The van der Waals surface area contributed by atoms with Crippen LogP contribution >= 0.6 is 12.4 Å². The molecule has 68 valence electrons. The average molecular weight is 191 g/mol. The van der Waals surface area contributed by atoms with Gasteiger partial charge in [0.1, 0.15) is 5.69 Å². The standard InChI is InChI=1S/C6H10N4O.ClH/c1-7-5-4(6(11)8-2)9-3-10-5;/h3,7H,1-2H3,(H,8,11)(H,9,10);1H. The topological polar surface area (TPSA) is 69.8 Å². The van der Waals surface area contributed by atoms with E-state index in [2.05, 4.69) is 20.6 Å². The number of aromatic nitrogens is 2. The van der Waals surface area contributed by atoms with Crippen molar-refractivity contribution in [3.63, 3.8) is 0 Å². The Morgan fingerprint density at radius 3 is 2.75 bits per heavy atom. The van der Waals surface area contributed by atoms with Crippen LogP contribution in [0.15, 0.2) is 6.33 Å². The highest BCUT2D eigenvalue weighted by molar-refractivity contribution is 5.96. The summed E-state index contributed by atoms with van der Waals surface area (Å²) >= 11 is 0. The first-order valence-corrected chi connectivity index (χ1v) is 3.22. The van der Waals surface area contributed by atoms with Crippen molar-refractivity contribution in [1.82, 2.24) is 15.3 Å². The lowest BCUT2D eigenvalue weighted by Crippen LogP contribution is -2.19. The summed E-state index contributed by atoms with van der Waals surface area (Å²) in [5.41, 5.74) is 0.454. The highest BCUT2D eigenvalue weighted by atomic mass is 35.5. The molecule has 0 bridgehead atoms. The van der Waals surface area contributed by atoms with Crippen LogP contribution in [0, 0.1) is 0 Å². The number of nitrogens with one attached hydrogen (secondary N) is 3. The molecule has 5 nitrogen and oxygen atoms in total. The number of amides is 1. The molecule has 1 aromatic heterocycles. The Morgan fingerprint density at radius 2 is 2.25 bits per heavy atom. The van der Waals surface area contributed by atoms with Crippen LogP contribution in [0.3, 0.4) is 0 Å². The van der Waals surface area contributed by atoms with Gasteiger partial charge in [-0.05, 0) is 0 Å². The van der Waals surface area contributed by atoms with Gasteiger partial charge in [-0.15, -0.1) is 12.4 Å². The predicted octanol–water partition coefficient (Wildman–Crippen LogP) is 0.233. The van der Waals surface area contributed by atoms with Crippen molar-refractivity contribution < 1.29 is 4.79 Å². The third-order valence-electron chi connectivity index (χ3n) is 1.33. The molecule has 0 saturated carbocycles. The van der Waals surface area contributed by atoms with Crippen molar-refractivity contribution in [3.05, 3.63) is 12.0 Å². The highest BCUT2D eigenvalue weighted by Crippen LogP contribution is 2.06. The Hall–Kier alpha value is -1.23. The molecule has 1 aromatic rings. The zero-order valence-corrected chi connectivity index (χ0v) is 7.66. The van der Waals surface area contributed by atoms with E-state index in [0.717, 1.165) is 0 Å². The van der Waals surface area contributed by atoms with Crippen molar-refractivity contribution in [1.29, 1.82) is 0 Å². The van der Waals surface area contributed by atoms with Crippen LogP contribution < -0.4 is 10.6 Å². The Labute approximate surface area is 76.4 Å². The normalized spacial score (nSPS) is 8.50. The van der Waals surface area contributed by atoms with Crippen molar-refractivity contribution in [2.45, 2.75) is 0 Å². The van der Waals surface area contributed by atoms with Gasteiger partial charge in [0.05, 0.1) is 6.33 Å². The number of hydrogen-bond acceptors (Lipinski definition) is 3. The molecule has 0 aliphatic carbocycles. The summed E-state index contributed by atoms with van der Waals surface area (Å²) in [5, 5.41) is 5.28. The first-order chi connectivity index (χ1) is 5.29. The fourth-order valence-corrected chi connectivity index (χ4v) is 0.782. The summed E-state index contributed by atoms with van der Waals surface area (Å²) in [4.78, 5) is 17.6. The summed E-state index contributed by atoms with van der Waals surface area (Å²) in [5.74, 6) is 0.385. The fraction of sp³-hybridized carbons (Fsp3) is 0.333. The van der Waals surface area contributed by atoms with Crippen LogP contribution in [0.25, 0.3) is 0 Å². The number of anilines is 1. The number of rotatable bonds is 2. The van der Waals surface area contributed by atoms with Gasteiger partial charge < -0.3 is 15.6 Å². The molecule has 1 rings (SSSR count). The number of imidazole rings is 1. The van der Waals surface area contributed by atoms with Crippen LogP contribution in [0.4, 0.5) is 5.82 Å². The molecule has 0 aliphatic rings. The maximum Gasteiger partial charge on any atom is 0.271 e. The van der Waals surface area contributed by atoms with Gasteiger partial charge in [0, 0.05) is 14.1 Å². The molecule has 6 heteroatoms. The lowest BCUT2D eigenvalue weighted by molar-refractivity contribution is 0.0959. The molecule has 0 radical (unpaired) electrons. The van der Waals surface area contributed by atoms with Crippen molar-refractivity contribution in [2.75, 3.05) is 19.4 Å². The molecule has 0 fully saturated rings. The van der Waals surface area contributed by atoms with E-state index in [1.165, 1.54) is 6.33 Å². The lowest BCUT2D eigenvalue weighted by Gasteiger charge is -1.98. The Kier molecular flexibility index (Phi) is 4.14. The maximum atomic E-state index is 11.0. The zero-order valence-electron chi connectivity index (χ0n) is 6.84. The molecule has 1 amide bonds. The molecule has 0 aromatic carbocycles. The molecular weight excluding hydrogens is 180 g/mol. The number of carbonyl (C=O) groups excluding carboxylic acids is 1. The Balaban J connectivity index is 0.00000121. The van der Waals surface area contributed by atoms with E-state index in [-0.39, 0.29) is 18.3 Å². The number of carbonyl (C=O) groups is 1. The number of H-pyrrole nitrogens is 1. The van der Waals surface area contributed by atoms with E-state index in [0.29, 0.717) is 11.5 Å². The van der Waals surface area contributed by atoms with Gasteiger partial charge in [-0.2, -0.15) is 0 Å². The van der Waals surface area contributed by atoms with Gasteiger partial charge in [-0.1, -0.05) is 0 Å². The van der Waals surface area contributed by atoms with Crippen LogP contribution in [-0.4, -0.2) is 30.0 Å². The van der Waals surface area contributed by atoms with E-state index < -0.39 is 0 Å². The van der Waals surface area contributed by atoms with Gasteiger partial charge in [0.15, 0.2) is 5.82 Å². The fourth-order valence-electron chi connectivity index (χ4n) is 0.782. The van der Waals surface area contributed by atoms with Gasteiger partial charge >= 0.3 is 0 Å². The molecule has 0 unspecified atom stereocenters. The van der Waals surface area contributed by atoms with E-state index >= 15 is 0 Å². The average Bonchev–Trinajstić information content (AvgIpc) is 2.50.